The number of aromatic nitrogens is 4. The van der Waals surface area contributed by atoms with Gasteiger partial charge in [-0.2, -0.15) is 5.10 Å². The lowest BCUT2D eigenvalue weighted by atomic mass is 9.76. The predicted molar refractivity (Wildman–Crippen MR) is 88.2 cm³/mol. The number of amides is 1. The molecule has 1 amide bonds. The minimum absolute atomic E-state index is 0.00316. The molecule has 4 heterocycles. The molecule has 134 valence electrons. The van der Waals surface area contributed by atoms with Crippen LogP contribution in [0.25, 0.3) is 0 Å². The molecule has 2 saturated heterocycles. The van der Waals surface area contributed by atoms with E-state index in [2.05, 4.69) is 15.3 Å². The van der Waals surface area contributed by atoms with Crippen molar-refractivity contribution in [2.24, 2.45) is 0 Å². The van der Waals surface area contributed by atoms with Gasteiger partial charge in [0.1, 0.15) is 5.69 Å². The summed E-state index contributed by atoms with van der Waals surface area (Å²) in [6.07, 6.45) is 1.58. The van der Waals surface area contributed by atoms with Gasteiger partial charge >= 0.3 is 0 Å². The number of likely N-dealkylation sites (tertiary alicyclic amines) is 1. The summed E-state index contributed by atoms with van der Waals surface area (Å²) >= 11 is 0. The van der Waals surface area contributed by atoms with E-state index < -0.39 is 5.41 Å². The fourth-order valence-electron chi connectivity index (χ4n) is 4.04. The van der Waals surface area contributed by atoms with Crippen molar-refractivity contribution in [1.82, 2.24) is 24.9 Å². The lowest BCUT2D eigenvalue weighted by molar-refractivity contribution is 0.00923. The Hall–Kier alpha value is -2.22. The van der Waals surface area contributed by atoms with Gasteiger partial charge in [-0.3, -0.25) is 9.48 Å². The van der Waals surface area contributed by atoms with Gasteiger partial charge in [0.2, 0.25) is 11.8 Å². The standard InChI is InChI=1S/C17H23N5O3/c1-4-22-13(9-11(2)20-22)15(23)21-7-5-14-17(10-21,6-8-24-14)16-19-18-12(3)25-16/h9,14H,4-8,10H2,1-3H3/t14-,17-/m1/s1. The molecule has 0 bridgehead atoms. The first-order chi connectivity index (χ1) is 12.0. The highest BCUT2D eigenvalue weighted by atomic mass is 16.5. The number of aryl methyl sites for hydroxylation is 3. The van der Waals surface area contributed by atoms with Crippen LogP contribution in [-0.2, 0) is 16.7 Å². The van der Waals surface area contributed by atoms with Crippen LogP contribution < -0.4 is 0 Å². The van der Waals surface area contributed by atoms with E-state index in [4.69, 9.17) is 9.15 Å². The van der Waals surface area contributed by atoms with Crippen molar-refractivity contribution in [3.05, 3.63) is 29.2 Å². The van der Waals surface area contributed by atoms with Gasteiger partial charge < -0.3 is 14.1 Å². The Kier molecular flexibility index (Phi) is 3.87. The van der Waals surface area contributed by atoms with Gasteiger partial charge in [-0.25, -0.2) is 0 Å². The van der Waals surface area contributed by atoms with E-state index in [1.165, 1.54) is 0 Å². The first kappa shape index (κ1) is 16.3. The highest BCUT2D eigenvalue weighted by Gasteiger charge is 2.53. The second-order valence-electron chi connectivity index (χ2n) is 6.89. The molecule has 4 rings (SSSR count). The minimum atomic E-state index is -0.402. The summed E-state index contributed by atoms with van der Waals surface area (Å²) in [7, 11) is 0. The Labute approximate surface area is 146 Å². The second-order valence-corrected chi connectivity index (χ2v) is 6.89. The molecular formula is C17H23N5O3. The van der Waals surface area contributed by atoms with Gasteiger partial charge in [0.25, 0.3) is 5.91 Å². The highest BCUT2D eigenvalue weighted by molar-refractivity contribution is 5.93. The molecule has 2 aliphatic rings. The molecule has 0 saturated carbocycles. The summed E-state index contributed by atoms with van der Waals surface area (Å²) in [5, 5.41) is 12.6. The maximum Gasteiger partial charge on any atom is 0.272 e. The fraction of sp³-hybridized carbons (Fsp3) is 0.647. The molecule has 0 N–H and O–H groups in total. The summed E-state index contributed by atoms with van der Waals surface area (Å²) in [5.41, 5.74) is 1.09. The van der Waals surface area contributed by atoms with Gasteiger partial charge in [0, 0.05) is 33.2 Å². The molecule has 0 aliphatic carbocycles. The van der Waals surface area contributed by atoms with Crippen molar-refractivity contribution < 1.29 is 13.9 Å². The van der Waals surface area contributed by atoms with Crippen molar-refractivity contribution in [2.45, 2.75) is 51.7 Å². The van der Waals surface area contributed by atoms with E-state index in [9.17, 15) is 4.79 Å². The minimum Gasteiger partial charge on any atom is -0.425 e. The van der Waals surface area contributed by atoms with Crippen LogP contribution in [0.5, 0.6) is 0 Å². The smallest absolute Gasteiger partial charge is 0.272 e. The molecule has 2 fully saturated rings. The Morgan fingerprint density at radius 1 is 1.40 bits per heavy atom. The normalized spacial score (nSPS) is 26.0. The molecule has 2 aromatic rings. The molecule has 8 heteroatoms. The summed E-state index contributed by atoms with van der Waals surface area (Å²) in [6.45, 7) is 8.19. The van der Waals surface area contributed by atoms with Gasteiger partial charge in [-0.1, -0.05) is 0 Å². The third-order valence-corrected chi connectivity index (χ3v) is 5.28. The largest absolute Gasteiger partial charge is 0.425 e. The van der Waals surface area contributed by atoms with Crippen LogP contribution in [0.1, 0.15) is 47.7 Å². The molecule has 8 nitrogen and oxygen atoms in total. The Balaban J connectivity index is 1.65. The summed E-state index contributed by atoms with van der Waals surface area (Å²) in [6, 6.07) is 1.85. The van der Waals surface area contributed by atoms with Crippen LogP contribution in [0, 0.1) is 13.8 Å². The zero-order valence-electron chi connectivity index (χ0n) is 14.9. The predicted octanol–water partition coefficient (Wildman–Crippen LogP) is 1.48. The van der Waals surface area contributed by atoms with Crippen LogP contribution in [-0.4, -0.2) is 56.6 Å². The van der Waals surface area contributed by atoms with Crippen molar-refractivity contribution in [3.8, 4) is 0 Å². The van der Waals surface area contributed by atoms with Crippen molar-refractivity contribution in [3.63, 3.8) is 0 Å². The fourth-order valence-corrected chi connectivity index (χ4v) is 4.04. The third-order valence-electron chi connectivity index (χ3n) is 5.28. The van der Waals surface area contributed by atoms with E-state index in [0.29, 0.717) is 43.7 Å². The van der Waals surface area contributed by atoms with Crippen molar-refractivity contribution in [1.29, 1.82) is 0 Å². The monoisotopic (exact) mass is 345 g/mol. The van der Waals surface area contributed by atoms with E-state index in [1.807, 2.05) is 24.8 Å². The summed E-state index contributed by atoms with van der Waals surface area (Å²) in [5.74, 6) is 1.13. The van der Waals surface area contributed by atoms with E-state index in [1.54, 1.807) is 11.6 Å². The Bertz CT molecular complexity index is 798. The van der Waals surface area contributed by atoms with Crippen LogP contribution in [0.3, 0.4) is 0 Å². The average molecular weight is 345 g/mol. The van der Waals surface area contributed by atoms with Gasteiger partial charge in [0.05, 0.1) is 17.2 Å². The zero-order valence-corrected chi connectivity index (χ0v) is 14.9. The maximum atomic E-state index is 13.1. The van der Waals surface area contributed by atoms with Crippen LogP contribution in [0.2, 0.25) is 0 Å². The molecule has 0 unspecified atom stereocenters. The molecular weight excluding hydrogens is 322 g/mol. The number of rotatable bonds is 3. The second kappa shape index (κ2) is 5.94. The summed E-state index contributed by atoms with van der Waals surface area (Å²) < 4.78 is 13.4. The lowest BCUT2D eigenvalue weighted by Crippen LogP contribution is -2.54. The van der Waals surface area contributed by atoms with Crippen molar-refractivity contribution in [2.75, 3.05) is 19.7 Å². The molecule has 0 spiro atoms. The highest BCUT2D eigenvalue weighted by Crippen LogP contribution is 2.43. The first-order valence-electron chi connectivity index (χ1n) is 8.79. The van der Waals surface area contributed by atoms with Crippen LogP contribution in [0.15, 0.2) is 10.5 Å². The van der Waals surface area contributed by atoms with Gasteiger partial charge in [-0.05, 0) is 32.8 Å². The molecule has 25 heavy (non-hydrogen) atoms. The van der Waals surface area contributed by atoms with E-state index in [0.717, 1.165) is 18.5 Å². The van der Waals surface area contributed by atoms with Gasteiger partial charge in [0.15, 0.2) is 0 Å². The van der Waals surface area contributed by atoms with Gasteiger partial charge in [-0.15, -0.1) is 10.2 Å². The molecule has 2 aromatic heterocycles. The number of ether oxygens (including phenoxy) is 1. The maximum absolute atomic E-state index is 13.1. The lowest BCUT2D eigenvalue weighted by Gasteiger charge is -2.41. The number of carbonyl (C=O) groups is 1. The topological polar surface area (TPSA) is 86.3 Å². The first-order valence-corrected chi connectivity index (χ1v) is 8.79. The SMILES string of the molecule is CCn1nc(C)cc1C(=O)N1CC[C@H]2OCC[C@@]2(c2nnc(C)o2)C1. The van der Waals surface area contributed by atoms with E-state index >= 15 is 0 Å². The number of piperidine rings is 1. The Morgan fingerprint density at radius 2 is 2.24 bits per heavy atom. The number of nitrogens with zero attached hydrogens (tertiary/aromatic N) is 5. The molecule has 0 aromatic carbocycles. The quantitative estimate of drug-likeness (QED) is 0.837. The number of hydrogen-bond donors (Lipinski definition) is 0. The average Bonchev–Trinajstić information content (AvgIpc) is 3.31. The molecule has 2 aliphatic heterocycles. The zero-order chi connectivity index (χ0) is 17.6. The summed E-state index contributed by atoms with van der Waals surface area (Å²) in [4.78, 5) is 15.0. The van der Waals surface area contributed by atoms with Crippen LogP contribution >= 0.6 is 0 Å². The molecule has 0 radical (unpaired) electrons. The molecule has 2 atom stereocenters. The van der Waals surface area contributed by atoms with Crippen molar-refractivity contribution >= 4 is 5.91 Å². The Morgan fingerprint density at radius 3 is 2.96 bits per heavy atom. The van der Waals surface area contributed by atoms with E-state index in [-0.39, 0.29) is 12.0 Å². The number of fused-ring (bicyclic) bond motifs is 1. The third kappa shape index (κ3) is 2.55. The number of carbonyl (C=O) groups excluding carboxylic acids is 1. The number of hydrogen-bond acceptors (Lipinski definition) is 6. The van der Waals surface area contributed by atoms with Crippen LogP contribution in [0.4, 0.5) is 0 Å².